The number of hydrogen-bond acceptors (Lipinski definition) is 2. The van der Waals surface area contributed by atoms with Crippen LogP contribution in [-0.2, 0) is 13.5 Å². The fourth-order valence-corrected chi connectivity index (χ4v) is 3.43. The van der Waals surface area contributed by atoms with E-state index in [2.05, 4.69) is 54.8 Å². The van der Waals surface area contributed by atoms with Gasteiger partial charge in [-0.1, -0.05) is 13.0 Å². The maximum Gasteiger partial charge on any atom is 0.190 e. The maximum absolute atomic E-state index is 4.58. The van der Waals surface area contributed by atoms with E-state index in [1.165, 1.54) is 21.2 Å². The van der Waals surface area contributed by atoms with E-state index >= 15 is 0 Å². The van der Waals surface area contributed by atoms with Gasteiger partial charge in [-0.25, -0.2) is 9.55 Å². The molecule has 1 aromatic carbocycles. The molecule has 0 amide bonds. The van der Waals surface area contributed by atoms with Crippen molar-refractivity contribution in [1.29, 1.82) is 0 Å². The van der Waals surface area contributed by atoms with Gasteiger partial charge in [0, 0.05) is 12.5 Å². The first-order valence-electron chi connectivity index (χ1n) is 5.88. The van der Waals surface area contributed by atoms with Crippen molar-refractivity contribution in [3.05, 3.63) is 35.1 Å². The van der Waals surface area contributed by atoms with Crippen LogP contribution in [0.4, 0.5) is 0 Å². The maximum atomic E-state index is 4.58. The quantitative estimate of drug-likeness (QED) is 0.600. The van der Waals surface area contributed by atoms with Crippen LogP contribution in [0.15, 0.2) is 24.4 Å². The number of benzene rings is 1. The number of rotatable bonds is 1. The van der Waals surface area contributed by atoms with E-state index in [9.17, 15) is 0 Å². The van der Waals surface area contributed by atoms with Gasteiger partial charge in [-0.05, 0) is 18.4 Å². The lowest BCUT2D eigenvalue weighted by atomic mass is 10.1. The molecule has 0 N–H and O–H groups in total. The molecule has 0 bridgehead atoms. The molecular weight excluding hydrogens is 228 g/mol. The van der Waals surface area contributed by atoms with Crippen LogP contribution in [0.2, 0.25) is 0 Å². The fraction of sp³-hybridized carbons (Fsp3) is 0.286. The first-order chi connectivity index (χ1) is 8.20. The molecule has 2 heterocycles. The minimum atomic E-state index is 1.05. The fourth-order valence-electron chi connectivity index (χ4n) is 2.44. The Morgan fingerprint density at radius 2 is 2.12 bits per heavy atom. The van der Waals surface area contributed by atoms with Gasteiger partial charge in [0.1, 0.15) is 7.05 Å². The number of aromatic nitrogens is 2. The van der Waals surface area contributed by atoms with Crippen molar-refractivity contribution in [2.24, 2.45) is 7.05 Å². The van der Waals surface area contributed by atoms with Crippen molar-refractivity contribution in [2.75, 3.05) is 0 Å². The lowest BCUT2D eigenvalue weighted by Crippen LogP contribution is -2.32. The Morgan fingerprint density at radius 3 is 2.88 bits per heavy atom. The van der Waals surface area contributed by atoms with Gasteiger partial charge < -0.3 is 0 Å². The summed E-state index contributed by atoms with van der Waals surface area (Å²) in [6.45, 7) is 4.28. The molecule has 0 saturated carbocycles. The molecule has 0 atom stereocenters. The normalized spacial score (nSPS) is 11.5. The zero-order valence-corrected chi connectivity index (χ0v) is 11.1. The van der Waals surface area contributed by atoms with Gasteiger partial charge in [-0.2, -0.15) is 0 Å². The van der Waals surface area contributed by atoms with Gasteiger partial charge in [0.2, 0.25) is 0 Å². The van der Waals surface area contributed by atoms with E-state index < -0.39 is 0 Å². The highest BCUT2D eigenvalue weighted by Gasteiger charge is 2.15. The lowest BCUT2D eigenvalue weighted by molar-refractivity contribution is -0.677. The smallest absolute Gasteiger partial charge is 0.190 e. The predicted molar refractivity (Wildman–Crippen MR) is 72.4 cm³/mol. The predicted octanol–water partition coefficient (Wildman–Crippen LogP) is 3.14. The molecule has 0 aliphatic rings. The van der Waals surface area contributed by atoms with E-state index in [1.807, 2.05) is 0 Å². The largest absolute Gasteiger partial charge is 0.241 e. The van der Waals surface area contributed by atoms with Crippen molar-refractivity contribution >= 4 is 32.3 Å². The summed E-state index contributed by atoms with van der Waals surface area (Å²) in [7, 11) is 2.12. The zero-order valence-electron chi connectivity index (χ0n) is 10.3. The third-order valence-corrected chi connectivity index (χ3v) is 4.23. The third kappa shape index (κ3) is 1.53. The molecule has 3 aromatic rings. The van der Waals surface area contributed by atoms with E-state index in [1.54, 1.807) is 11.3 Å². The van der Waals surface area contributed by atoms with Crippen LogP contribution in [-0.4, -0.2) is 4.98 Å². The molecule has 0 radical (unpaired) electrons. The van der Waals surface area contributed by atoms with Gasteiger partial charge >= 0.3 is 0 Å². The second-order valence-corrected chi connectivity index (χ2v) is 5.54. The van der Waals surface area contributed by atoms with E-state index in [4.69, 9.17) is 0 Å². The van der Waals surface area contributed by atoms with Crippen molar-refractivity contribution in [3.63, 3.8) is 0 Å². The van der Waals surface area contributed by atoms with Gasteiger partial charge in [-0.15, -0.1) is 11.3 Å². The number of thiazole rings is 1. The Kier molecular flexibility index (Phi) is 2.37. The molecule has 2 nitrogen and oxygen atoms in total. The van der Waals surface area contributed by atoms with Gasteiger partial charge in [0.25, 0.3) is 0 Å². The Bertz CT molecular complexity index is 713. The minimum Gasteiger partial charge on any atom is -0.241 e. The number of nitrogens with zero attached hydrogens (tertiary/aromatic N) is 2. The van der Waals surface area contributed by atoms with Gasteiger partial charge in [0.15, 0.2) is 11.9 Å². The third-order valence-electron chi connectivity index (χ3n) is 3.22. The summed E-state index contributed by atoms with van der Waals surface area (Å²) in [6.07, 6.45) is 3.19. The minimum absolute atomic E-state index is 1.05. The van der Waals surface area contributed by atoms with Crippen LogP contribution in [0.25, 0.3) is 21.0 Å². The average molecular weight is 243 g/mol. The molecule has 17 heavy (non-hydrogen) atoms. The van der Waals surface area contributed by atoms with E-state index in [-0.39, 0.29) is 0 Å². The topological polar surface area (TPSA) is 16.8 Å². The highest BCUT2D eigenvalue weighted by molar-refractivity contribution is 7.19. The molecule has 0 spiro atoms. The lowest BCUT2D eigenvalue weighted by Gasteiger charge is -2.03. The molecule has 2 aromatic heterocycles. The molecule has 3 heteroatoms. The monoisotopic (exact) mass is 243 g/mol. The SMILES string of the molecule is CCc1c2c(ccc3nc(C)sc32)cc[n+]1C. The first kappa shape index (κ1) is 10.7. The summed E-state index contributed by atoms with van der Waals surface area (Å²) < 4.78 is 3.55. The van der Waals surface area contributed by atoms with Crippen LogP contribution >= 0.6 is 11.3 Å². The van der Waals surface area contributed by atoms with Crippen LogP contribution < -0.4 is 4.57 Å². The molecule has 0 saturated heterocycles. The first-order valence-corrected chi connectivity index (χ1v) is 6.69. The summed E-state index contributed by atoms with van der Waals surface area (Å²) in [5.74, 6) is 0. The number of fused-ring (bicyclic) bond motifs is 3. The second-order valence-electron chi connectivity index (χ2n) is 4.34. The van der Waals surface area contributed by atoms with Crippen molar-refractivity contribution in [2.45, 2.75) is 20.3 Å². The average Bonchev–Trinajstić information content (AvgIpc) is 2.69. The van der Waals surface area contributed by atoms with E-state index in [0.29, 0.717) is 0 Å². The highest BCUT2D eigenvalue weighted by atomic mass is 32.1. The number of hydrogen-bond donors (Lipinski definition) is 0. The molecule has 0 aliphatic heterocycles. The van der Waals surface area contributed by atoms with E-state index in [0.717, 1.165) is 16.9 Å². The number of pyridine rings is 1. The summed E-state index contributed by atoms with van der Waals surface area (Å²) in [5, 5.41) is 3.83. The zero-order chi connectivity index (χ0) is 12.0. The standard InChI is InChI=1S/C14H15N2S/c1-4-12-13-10(7-8-16(12)3)5-6-11-14(13)17-9(2)15-11/h5-8H,4H2,1-3H3/q+1. The van der Waals surface area contributed by atoms with Crippen LogP contribution in [0, 0.1) is 6.92 Å². The Labute approximate surface area is 105 Å². The molecule has 0 aliphatic carbocycles. The molecule has 0 unspecified atom stereocenters. The van der Waals surface area contributed by atoms with Gasteiger partial charge in [0.05, 0.1) is 20.6 Å². The molecular formula is C14H15N2S+. The number of aryl methyl sites for hydroxylation is 3. The molecule has 3 rings (SSSR count). The van der Waals surface area contributed by atoms with Crippen molar-refractivity contribution in [1.82, 2.24) is 4.98 Å². The Balaban J connectivity index is 2.58. The Morgan fingerprint density at radius 1 is 1.29 bits per heavy atom. The van der Waals surface area contributed by atoms with Crippen molar-refractivity contribution in [3.8, 4) is 0 Å². The summed E-state index contributed by atoms with van der Waals surface area (Å²) in [5.41, 5.74) is 2.51. The molecule has 0 fully saturated rings. The van der Waals surface area contributed by atoms with Crippen LogP contribution in [0.5, 0.6) is 0 Å². The second kappa shape index (κ2) is 3.77. The molecule has 86 valence electrons. The van der Waals surface area contributed by atoms with Crippen LogP contribution in [0.3, 0.4) is 0 Å². The highest BCUT2D eigenvalue weighted by Crippen LogP contribution is 2.31. The Hall–Kier alpha value is -1.48. The van der Waals surface area contributed by atoms with Gasteiger partial charge in [-0.3, -0.25) is 0 Å². The summed E-state index contributed by atoms with van der Waals surface area (Å²) in [6, 6.07) is 6.49. The summed E-state index contributed by atoms with van der Waals surface area (Å²) in [4.78, 5) is 4.58. The van der Waals surface area contributed by atoms with Crippen molar-refractivity contribution < 1.29 is 4.57 Å². The van der Waals surface area contributed by atoms with Crippen LogP contribution in [0.1, 0.15) is 17.6 Å². The summed E-state index contributed by atoms with van der Waals surface area (Å²) >= 11 is 1.80.